The SMILES string of the molecule is C=CCN(C(=O)C(N)C(C)CC)C1CCCC1. The van der Waals surface area contributed by atoms with E-state index < -0.39 is 0 Å². The summed E-state index contributed by atoms with van der Waals surface area (Å²) < 4.78 is 0. The number of nitrogens with zero attached hydrogens (tertiary/aromatic N) is 1. The van der Waals surface area contributed by atoms with E-state index in [1.165, 1.54) is 12.8 Å². The van der Waals surface area contributed by atoms with Gasteiger partial charge in [-0.05, 0) is 18.8 Å². The third kappa shape index (κ3) is 3.56. The fraction of sp³-hybridized carbons (Fsp3) is 0.786. The molecule has 2 N–H and O–H groups in total. The van der Waals surface area contributed by atoms with E-state index in [9.17, 15) is 4.79 Å². The van der Waals surface area contributed by atoms with Gasteiger partial charge in [0.25, 0.3) is 0 Å². The second-order valence-corrected chi connectivity index (χ2v) is 5.13. The molecule has 0 aromatic rings. The van der Waals surface area contributed by atoms with Crippen LogP contribution in [0.2, 0.25) is 0 Å². The predicted molar refractivity (Wildman–Crippen MR) is 71.6 cm³/mol. The molecule has 0 saturated heterocycles. The third-order valence-electron chi connectivity index (χ3n) is 3.92. The summed E-state index contributed by atoms with van der Waals surface area (Å²) in [5, 5.41) is 0. The molecule has 2 atom stereocenters. The quantitative estimate of drug-likeness (QED) is 0.722. The number of nitrogens with two attached hydrogens (primary N) is 1. The van der Waals surface area contributed by atoms with Gasteiger partial charge in [-0.2, -0.15) is 0 Å². The lowest BCUT2D eigenvalue weighted by Gasteiger charge is -2.32. The Balaban J connectivity index is 2.68. The molecule has 3 nitrogen and oxygen atoms in total. The molecule has 3 heteroatoms. The van der Waals surface area contributed by atoms with E-state index >= 15 is 0 Å². The molecule has 0 bridgehead atoms. The molecule has 1 aliphatic carbocycles. The smallest absolute Gasteiger partial charge is 0.240 e. The Morgan fingerprint density at radius 3 is 2.59 bits per heavy atom. The summed E-state index contributed by atoms with van der Waals surface area (Å²) in [7, 11) is 0. The molecule has 1 aliphatic rings. The van der Waals surface area contributed by atoms with Crippen molar-refractivity contribution in [3.8, 4) is 0 Å². The summed E-state index contributed by atoms with van der Waals surface area (Å²) in [5.41, 5.74) is 6.04. The number of hydrogen-bond acceptors (Lipinski definition) is 2. The van der Waals surface area contributed by atoms with E-state index in [1.807, 2.05) is 11.8 Å². The van der Waals surface area contributed by atoms with Crippen molar-refractivity contribution in [2.45, 2.75) is 58.0 Å². The monoisotopic (exact) mass is 238 g/mol. The average Bonchev–Trinajstić information content (AvgIpc) is 2.86. The lowest BCUT2D eigenvalue weighted by molar-refractivity contribution is -0.135. The van der Waals surface area contributed by atoms with Crippen molar-refractivity contribution in [1.82, 2.24) is 4.90 Å². The number of rotatable bonds is 6. The highest BCUT2D eigenvalue weighted by Gasteiger charge is 2.30. The van der Waals surface area contributed by atoms with Crippen LogP contribution in [0.25, 0.3) is 0 Å². The van der Waals surface area contributed by atoms with Crippen molar-refractivity contribution in [2.75, 3.05) is 6.54 Å². The fourth-order valence-electron chi connectivity index (χ4n) is 2.46. The Bertz CT molecular complexity index is 259. The lowest BCUT2D eigenvalue weighted by atomic mass is 9.98. The van der Waals surface area contributed by atoms with Crippen LogP contribution in [0.3, 0.4) is 0 Å². The van der Waals surface area contributed by atoms with Crippen molar-refractivity contribution in [3.05, 3.63) is 12.7 Å². The van der Waals surface area contributed by atoms with E-state index in [0.29, 0.717) is 12.6 Å². The van der Waals surface area contributed by atoms with Gasteiger partial charge in [-0.1, -0.05) is 39.2 Å². The van der Waals surface area contributed by atoms with Crippen LogP contribution in [0.4, 0.5) is 0 Å². The summed E-state index contributed by atoms with van der Waals surface area (Å²) in [6.45, 7) is 8.50. The highest BCUT2D eigenvalue weighted by Crippen LogP contribution is 2.24. The van der Waals surface area contributed by atoms with E-state index in [4.69, 9.17) is 5.73 Å². The number of carbonyl (C=O) groups excluding carboxylic acids is 1. The molecule has 1 saturated carbocycles. The van der Waals surface area contributed by atoms with Gasteiger partial charge in [0.15, 0.2) is 0 Å². The van der Waals surface area contributed by atoms with Crippen LogP contribution in [0.5, 0.6) is 0 Å². The molecular weight excluding hydrogens is 212 g/mol. The van der Waals surface area contributed by atoms with Gasteiger partial charge in [-0.25, -0.2) is 0 Å². The number of hydrogen-bond donors (Lipinski definition) is 1. The molecule has 0 spiro atoms. The maximum absolute atomic E-state index is 12.4. The minimum absolute atomic E-state index is 0.103. The van der Waals surface area contributed by atoms with E-state index in [0.717, 1.165) is 19.3 Å². The molecule has 1 amide bonds. The Kier molecular flexibility index (Phi) is 5.69. The molecule has 0 aliphatic heterocycles. The second kappa shape index (κ2) is 6.80. The first-order chi connectivity index (χ1) is 8.11. The van der Waals surface area contributed by atoms with Crippen LogP contribution < -0.4 is 5.73 Å². The molecule has 0 radical (unpaired) electrons. The molecule has 98 valence electrons. The van der Waals surface area contributed by atoms with Crippen LogP contribution in [-0.4, -0.2) is 29.4 Å². The largest absolute Gasteiger partial charge is 0.335 e. The van der Waals surface area contributed by atoms with Gasteiger partial charge in [0.1, 0.15) is 0 Å². The van der Waals surface area contributed by atoms with Crippen molar-refractivity contribution >= 4 is 5.91 Å². The van der Waals surface area contributed by atoms with Crippen molar-refractivity contribution in [3.63, 3.8) is 0 Å². The summed E-state index contributed by atoms with van der Waals surface area (Å²) in [4.78, 5) is 14.3. The highest BCUT2D eigenvalue weighted by atomic mass is 16.2. The van der Waals surface area contributed by atoms with E-state index in [-0.39, 0.29) is 17.9 Å². The van der Waals surface area contributed by atoms with Gasteiger partial charge in [-0.15, -0.1) is 6.58 Å². The number of amides is 1. The van der Waals surface area contributed by atoms with E-state index in [1.54, 1.807) is 6.08 Å². The van der Waals surface area contributed by atoms with Crippen molar-refractivity contribution in [2.24, 2.45) is 11.7 Å². The normalized spacial score (nSPS) is 19.9. The summed E-state index contributed by atoms with van der Waals surface area (Å²) in [6.07, 6.45) is 7.44. The molecule has 17 heavy (non-hydrogen) atoms. The van der Waals surface area contributed by atoms with Crippen LogP contribution in [0.15, 0.2) is 12.7 Å². The Hall–Kier alpha value is -0.830. The summed E-state index contributed by atoms with van der Waals surface area (Å²) >= 11 is 0. The van der Waals surface area contributed by atoms with Crippen LogP contribution in [0, 0.1) is 5.92 Å². The molecule has 2 unspecified atom stereocenters. The van der Waals surface area contributed by atoms with Crippen molar-refractivity contribution in [1.29, 1.82) is 0 Å². The first-order valence-corrected chi connectivity index (χ1v) is 6.78. The third-order valence-corrected chi connectivity index (χ3v) is 3.92. The van der Waals surface area contributed by atoms with Crippen molar-refractivity contribution < 1.29 is 4.79 Å². The van der Waals surface area contributed by atoms with Gasteiger partial charge in [-0.3, -0.25) is 4.79 Å². The van der Waals surface area contributed by atoms with Gasteiger partial charge in [0.05, 0.1) is 6.04 Å². The zero-order chi connectivity index (χ0) is 12.8. The molecular formula is C14H26N2O. The fourth-order valence-corrected chi connectivity index (χ4v) is 2.46. The van der Waals surface area contributed by atoms with Crippen LogP contribution >= 0.6 is 0 Å². The maximum atomic E-state index is 12.4. The Morgan fingerprint density at radius 2 is 2.12 bits per heavy atom. The zero-order valence-electron chi connectivity index (χ0n) is 11.2. The predicted octanol–water partition coefficient (Wildman–Crippen LogP) is 2.32. The Labute approximate surface area is 105 Å². The van der Waals surface area contributed by atoms with E-state index in [2.05, 4.69) is 13.5 Å². The summed E-state index contributed by atoms with van der Waals surface area (Å²) in [6, 6.07) is 0.0242. The minimum Gasteiger partial charge on any atom is -0.335 e. The first kappa shape index (κ1) is 14.2. The zero-order valence-corrected chi connectivity index (χ0v) is 11.2. The standard InChI is InChI=1S/C14H26N2O/c1-4-10-16(12-8-6-7-9-12)14(17)13(15)11(3)5-2/h4,11-13H,1,5-10,15H2,2-3H3. The average molecular weight is 238 g/mol. The number of carbonyl (C=O) groups is 1. The topological polar surface area (TPSA) is 46.3 Å². The molecule has 1 fully saturated rings. The maximum Gasteiger partial charge on any atom is 0.240 e. The van der Waals surface area contributed by atoms with Gasteiger partial charge < -0.3 is 10.6 Å². The minimum atomic E-state index is -0.361. The van der Waals surface area contributed by atoms with Gasteiger partial charge >= 0.3 is 0 Å². The van der Waals surface area contributed by atoms with Gasteiger partial charge in [0.2, 0.25) is 5.91 Å². The molecule has 0 heterocycles. The van der Waals surface area contributed by atoms with Gasteiger partial charge in [0, 0.05) is 12.6 Å². The first-order valence-electron chi connectivity index (χ1n) is 6.78. The van der Waals surface area contributed by atoms with Crippen LogP contribution in [-0.2, 0) is 4.79 Å². The second-order valence-electron chi connectivity index (χ2n) is 5.13. The molecule has 0 aromatic heterocycles. The molecule has 1 rings (SSSR count). The molecule has 0 aromatic carbocycles. The lowest BCUT2D eigenvalue weighted by Crippen LogP contribution is -2.50. The summed E-state index contributed by atoms with van der Waals surface area (Å²) in [5.74, 6) is 0.349. The highest BCUT2D eigenvalue weighted by molar-refractivity contribution is 5.82. The van der Waals surface area contributed by atoms with Crippen LogP contribution in [0.1, 0.15) is 46.0 Å². The Morgan fingerprint density at radius 1 is 1.53 bits per heavy atom.